The van der Waals surface area contributed by atoms with Crippen LogP contribution in [0.15, 0.2) is 0 Å². The van der Waals surface area contributed by atoms with Crippen LogP contribution in [0.25, 0.3) is 0 Å². The quantitative estimate of drug-likeness (QED) is 0.430. The van der Waals surface area contributed by atoms with Gasteiger partial charge in [-0.1, -0.05) is 15.9 Å². The second kappa shape index (κ2) is 10.4. The molecule has 0 spiro atoms. The molecule has 0 amide bonds. The van der Waals surface area contributed by atoms with Crippen LogP contribution in [-0.2, 0) is 19.2 Å². The first-order valence-electron chi connectivity index (χ1n) is 3.17. The van der Waals surface area contributed by atoms with E-state index in [2.05, 4.69) is 31.4 Å². The smallest absolute Gasteiger partial charge is 0.321 e. The standard InChI is InChI=1S/C4H7BrO2.C2H5NO2/c1-2-7-4(6)3-5;1-2(4)5-3/h2-3H2,1H3;3H2,1H3. The fourth-order valence-electron chi connectivity index (χ4n) is 0.200. The van der Waals surface area contributed by atoms with Gasteiger partial charge in [0.05, 0.1) is 6.61 Å². The molecule has 0 aliphatic heterocycles. The maximum atomic E-state index is 10.1. The number of ether oxygens (including phenoxy) is 1. The highest BCUT2D eigenvalue weighted by Crippen LogP contribution is 1.82. The number of esters is 1. The monoisotopic (exact) mass is 241 g/mol. The number of rotatable bonds is 2. The van der Waals surface area contributed by atoms with E-state index < -0.39 is 5.97 Å². The fraction of sp³-hybridized carbons (Fsp3) is 0.667. The summed E-state index contributed by atoms with van der Waals surface area (Å²) in [5.41, 5.74) is 0. The van der Waals surface area contributed by atoms with Crippen LogP contribution in [0.2, 0.25) is 0 Å². The molecule has 12 heavy (non-hydrogen) atoms. The van der Waals surface area contributed by atoms with Crippen LogP contribution in [0, 0.1) is 0 Å². The number of nitrogens with two attached hydrogens (primary N) is 1. The van der Waals surface area contributed by atoms with E-state index in [-0.39, 0.29) is 5.97 Å². The number of carbonyl (C=O) groups is 2. The van der Waals surface area contributed by atoms with Crippen LogP contribution in [0.1, 0.15) is 13.8 Å². The van der Waals surface area contributed by atoms with Crippen molar-refractivity contribution in [1.29, 1.82) is 0 Å². The molecule has 0 bridgehead atoms. The maximum Gasteiger partial charge on any atom is 0.321 e. The van der Waals surface area contributed by atoms with Gasteiger partial charge >= 0.3 is 11.9 Å². The van der Waals surface area contributed by atoms with Crippen molar-refractivity contribution in [2.45, 2.75) is 13.8 Å². The summed E-state index contributed by atoms with van der Waals surface area (Å²) in [7, 11) is 0. The molecule has 5 nitrogen and oxygen atoms in total. The molecule has 0 radical (unpaired) electrons. The van der Waals surface area contributed by atoms with Gasteiger partial charge in [-0.05, 0) is 6.92 Å². The third-order valence-electron chi connectivity index (χ3n) is 0.580. The normalized spacial score (nSPS) is 7.67. The van der Waals surface area contributed by atoms with Crippen molar-refractivity contribution in [3.05, 3.63) is 0 Å². The Morgan fingerprint density at radius 3 is 2.00 bits per heavy atom. The molecule has 0 heterocycles. The minimum atomic E-state index is -0.468. The summed E-state index contributed by atoms with van der Waals surface area (Å²) in [5, 5.41) is 0.292. The predicted octanol–water partition coefficient (Wildman–Crippen LogP) is 0.368. The first-order chi connectivity index (χ1) is 5.58. The van der Waals surface area contributed by atoms with E-state index in [1.54, 1.807) is 6.92 Å². The molecule has 0 aliphatic carbocycles. The highest BCUT2D eigenvalue weighted by Gasteiger charge is 1.92. The molecule has 0 rings (SSSR count). The average molecular weight is 242 g/mol. The molecule has 2 N–H and O–H groups in total. The summed E-state index contributed by atoms with van der Waals surface area (Å²) in [6, 6.07) is 0. The van der Waals surface area contributed by atoms with Crippen molar-refractivity contribution in [2.24, 2.45) is 5.90 Å². The third kappa shape index (κ3) is 16.2. The Balaban J connectivity index is 0. The Kier molecular flexibility index (Phi) is 12.1. The molecule has 6 heteroatoms. The molecule has 0 saturated carbocycles. The Bertz CT molecular complexity index is 140. The number of alkyl halides is 1. The zero-order valence-electron chi connectivity index (χ0n) is 7.00. The Morgan fingerprint density at radius 2 is 1.92 bits per heavy atom. The van der Waals surface area contributed by atoms with Crippen molar-refractivity contribution < 1.29 is 19.2 Å². The summed E-state index contributed by atoms with van der Waals surface area (Å²) in [6.45, 7) is 3.48. The highest BCUT2D eigenvalue weighted by molar-refractivity contribution is 9.09. The lowest BCUT2D eigenvalue weighted by atomic mass is 10.8. The van der Waals surface area contributed by atoms with Gasteiger partial charge in [-0.25, -0.2) is 0 Å². The topological polar surface area (TPSA) is 78.6 Å². The number of halogens is 1. The lowest BCUT2D eigenvalue weighted by Gasteiger charge is -1.92. The Morgan fingerprint density at radius 1 is 1.50 bits per heavy atom. The molecule has 0 saturated heterocycles. The Labute approximate surface area is 79.3 Å². The van der Waals surface area contributed by atoms with Gasteiger partial charge in [0.15, 0.2) is 0 Å². The van der Waals surface area contributed by atoms with Gasteiger partial charge in [0.25, 0.3) is 0 Å². The van der Waals surface area contributed by atoms with Gasteiger partial charge in [0.2, 0.25) is 0 Å². The van der Waals surface area contributed by atoms with E-state index in [1.165, 1.54) is 6.92 Å². The molecule has 0 aromatic heterocycles. The van der Waals surface area contributed by atoms with E-state index >= 15 is 0 Å². The molecule has 0 fully saturated rings. The van der Waals surface area contributed by atoms with Gasteiger partial charge in [-0.3, -0.25) is 9.59 Å². The van der Waals surface area contributed by atoms with Crippen LogP contribution in [0.5, 0.6) is 0 Å². The second-order valence-corrected chi connectivity index (χ2v) is 2.11. The van der Waals surface area contributed by atoms with Crippen LogP contribution in [0.3, 0.4) is 0 Å². The Hall–Kier alpha value is -0.620. The van der Waals surface area contributed by atoms with Crippen LogP contribution in [0.4, 0.5) is 0 Å². The molecule has 0 atom stereocenters. The van der Waals surface area contributed by atoms with Crippen molar-refractivity contribution >= 4 is 27.9 Å². The SMILES string of the molecule is CC(=O)ON.CCOC(=O)CBr. The third-order valence-corrected chi connectivity index (χ3v) is 1.04. The molecular weight excluding hydrogens is 230 g/mol. The second-order valence-electron chi connectivity index (χ2n) is 1.55. The number of hydrogen-bond acceptors (Lipinski definition) is 5. The summed E-state index contributed by atoms with van der Waals surface area (Å²) < 4.78 is 4.51. The number of carbonyl (C=O) groups excluding carboxylic acids is 2. The first-order valence-corrected chi connectivity index (χ1v) is 4.29. The van der Waals surface area contributed by atoms with Crippen molar-refractivity contribution in [3.8, 4) is 0 Å². The molecule has 0 aliphatic rings. The largest absolute Gasteiger partial charge is 0.465 e. The molecule has 0 unspecified atom stereocenters. The van der Waals surface area contributed by atoms with Crippen LogP contribution >= 0.6 is 15.9 Å². The highest BCUT2D eigenvalue weighted by atomic mass is 79.9. The average Bonchev–Trinajstić information content (AvgIpc) is 2.06. The summed E-state index contributed by atoms with van der Waals surface area (Å²) >= 11 is 2.94. The summed E-state index contributed by atoms with van der Waals surface area (Å²) in [6.07, 6.45) is 0. The van der Waals surface area contributed by atoms with Gasteiger partial charge in [0.1, 0.15) is 5.33 Å². The summed E-state index contributed by atoms with van der Waals surface area (Å²) in [4.78, 5) is 23.2. The van der Waals surface area contributed by atoms with Crippen molar-refractivity contribution in [1.82, 2.24) is 0 Å². The predicted molar refractivity (Wildman–Crippen MR) is 46.4 cm³/mol. The molecule has 0 aromatic carbocycles. The molecule has 0 aromatic rings. The van der Waals surface area contributed by atoms with E-state index in [0.29, 0.717) is 11.9 Å². The van der Waals surface area contributed by atoms with Gasteiger partial charge < -0.3 is 9.57 Å². The molecular formula is C6H12BrNO4. The van der Waals surface area contributed by atoms with Crippen LogP contribution in [-0.4, -0.2) is 23.9 Å². The van der Waals surface area contributed by atoms with Gasteiger partial charge in [0, 0.05) is 6.92 Å². The lowest BCUT2D eigenvalue weighted by Crippen LogP contribution is -2.03. The minimum absolute atomic E-state index is 0.206. The number of hydrogen-bond donors (Lipinski definition) is 1. The zero-order chi connectivity index (χ0) is 9.98. The van der Waals surface area contributed by atoms with Crippen molar-refractivity contribution in [3.63, 3.8) is 0 Å². The lowest BCUT2D eigenvalue weighted by molar-refractivity contribution is -0.141. The summed E-state index contributed by atoms with van der Waals surface area (Å²) in [5.74, 6) is 3.65. The van der Waals surface area contributed by atoms with E-state index in [0.717, 1.165) is 0 Å². The fourth-order valence-corrected chi connectivity index (χ4v) is 0.361. The zero-order valence-corrected chi connectivity index (χ0v) is 8.59. The first kappa shape index (κ1) is 13.9. The molecule has 72 valence electrons. The van der Waals surface area contributed by atoms with E-state index in [9.17, 15) is 9.59 Å². The minimum Gasteiger partial charge on any atom is -0.465 e. The van der Waals surface area contributed by atoms with Crippen molar-refractivity contribution in [2.75, 3.05) is 11.9 Å². The van der Waals surface area contributed by atoms with E-state index in [1.807, 2.05) is 0 Å². The van der Waals surface area contributed by atoms with Gasteiger partial charge in [-0.15, -0.1) is 0 Å². The van der Waals surface area contributed by atoms with Gasteiger partial charge in [-0.2, -0.15) is 5.90 Å². The maximum absolute atomic E-state index is 10.1. The van der Waals surface area contributed by atoms with E-state index in [4.69, 9.17) is 0 Å². The van der Waals surface area contributed by atoms with Crippen LogP contribution < -0.4 is 5.90 Å².